The Hall–Kier alpha value is -3.03. The summed E-state index contributed by atoms with van der Waals surface area (Å²) in [4.78, 5) is 12.9. The molecule has 0 aromatic heterocycles. The zero-order chi connectivity index (χ0) is 22.6. The fraction of sp³-hybridized carbons (Fsp3) is 0.174. The van der Waals surface area contributed by atoms with Gasteiger partial charge in [0.2, 0.25) is 5.91 Å². The van der Waals surface area contributed by atoms with Crippen LogP contribution in [-0.4, -0.2) is 28.0 Å². The minimum absolute atomic E-state index is 0.0440. The number of hydrogen-bond donors (Lipinski definition) is 1. The summed E-state index contributed by atoms with van der Waals surface area (Å²) in [7, 11) is -2.52. The van der Waals surface area contributed by atoms with Crippen molar-refractivity contribution < 1.29 is 17.9 Å². The third-order valence-electron chi connectivity index (χ3n) is 4.71. The van der Waals surface area contributed by atoms with Gasteiger partial charge >= 0.3 is 0 Å². The maximum Gasteiger partial charge on any atom is 0.264 e. The Morgan fingerprint density at radius 1 is 1.00 bits per heavy atom. The summed E-state index contributed by atoms with van der Waals surface area (Å²) in [5.41, 5.74) is 2.93. The van der Waals surface area contributed by atoms with Gasteiger partial charge in [0.05, 0.1) is 17.7 Å². The van der Waals surface area contributed by atoms with E-state index >= 15 is 0 Å². The number of aryl methyl sites for hydroxylation is 2. The molecule has 3 aromatic carbocycles. The molecule has 0 heterocycles. The van der Waals surface area contributed by atoms with Crippen LogP contribution in [0, 0.1) is 13.8 Å². The first-order valence-electron chi connectivity index (χ1n) is 9.50. The summed E-state index contributed by atoms with van der Waals surface area (Å²) in [6.07, 6.45) is 0. The van der Waals surface area contributed by atoms with Crippen LogP contribution in [0.4, 0.5) is 11.4 Å². The van der Waals surface area contributed by atoms with Crippen molar-refractivity contribution in [2.24, 2.45) is 0 Å². The third kappa shape index (κ3) is 5.37. The molecule has 0 unspecified atom stereocenters. The number of ether oxygens (including phenoxy) is 1. The summed E-state index contributed by atoms with van der Waals surface area (Å²) in [5.74, 6) is 0.0728. The molecule has 3 aromatic rings. The summed E-state index contributed by atoms with van der Waals surface area (Å²) >= 11 is 5.96. The minimum atomic E-state index is -4.02. The van der Waals surface area contributed by atoms with Gasteiger partial charge in [0, 0.05) is 10.7 Å². The van der Waals surface area contributed by atoms with E-state index in [0.29, 0.717) is 22.1 Å². The minimum Gasteiger partial charge on any atom is -0.497 e. The molecule has 0 saturated heterocycles. The number of benzene rings is 3. The molecular weight excluding hydrogens is 436 g/mol. The van der Waals surface area contributed by atoms with Gasteiger partial charge in [-0.3, -0.25) is 9.10 Å². The number of hydrogen-bond acceptors (Lipinski definition) is 4. The van der Waals surface area contributed by atoms with Crippen molar-refractivity contribution in [3.05, 3.63) is 82.9 Å². The lowest BCUT2D eigenvalue weighted by molar-refractivity contribution is -0.114. The van der Waals surface area contributed by atoms with Crippen molar-refractivity contribution in [3.63, 3.8) is 0 Å². The number of nitrogens with one attached hydrogen (secondary N) is 1. The van der Waals surface area contributed by atoms with E-state index < -0.39 is 22.5 Å². The predicted molar refractivity (Wildman–Crippen MR) is 124 cm³/mol. The van der Waals surface area contributed by atoms with Gasteiger partial charge in [-0.15, -0.1) is 0 Å². The highest BCUT2D eigenvalue weighted by atomic mass is 35.5. The average Bonchev–Trinajstić information content (AvgIpc) is 2.75. The fourth-order valence-electron chi connectivity index (χ4n) is 3.07. The lowest BCUT2D eigenvalue weighted by Gasteiger charge is -2.24. The summed E-state index contributed by atoms with van der Waals surface area (Å²) in [5, 5.41) is 3.26. The van der Waals surface area contributed by atoms with Crippen molar-refractivity contribution in [3.8, 4) is 5.75 Å². The molecule has 162 valence electrons. The van der Waals surface area contributed by atoms with E-state index in [1.165, 1.54) is 19.2 Å². The van der Waals surface area contributed by atoms with E-state index in [2.05, 4.69) is 5.32 Å². The van der Waals surface area contributed by atoms with Crippen molar-refractivity contribution in [2.75, 3.05) is 23.3 Å². The van der Waals surface area contributed by atoms with Crippen molar-refractivity contribution >= 4 is 38.9 Å². The molecule has 0 bridgehead atoms. The first kappa shape index (κ1) is 22.7. The molecule has 1 N–H and O–H groups in total. The standard InChI is InChI=1S/C23H23ClN2O4S/c1-16-4-13-22(17(2)14-16)25-23(27)15-26(19-7-5-18(24)6-8-19)31(28,29)21-11-9-20(30-3)10-12-21/h4-14H,15H2,1-3H3,(H,25,27). The molecule has 3 rings (SSSR count). The number of anilines is 2. The van der Waals surface area contributed by atoms with Crippen LogP contribution in [0.2, 0.25) is 5.02 Å². The van der Waals surface area contributed by atoms with Gasteiger partial charge in [0.25, 0.3) is 10.0 Å². The SMILES string of the molecule is COc1ccc(S(=O)(=O)N(CC(=O)Nc2ccc(C)cc2C)c2ccc(Cl)cc2)cc1. The lowest BCUT2D eigenvalue weighted by Crippen LogP contribution is -2.38. The number of amides is 1. The molecule has 0 atom stereocenters. The van der Waals surface area contributed by atoms with Gasteiger partial charge < -0.3 is 10.1 Å². The van der Waals surface area contributed by atoms with Crippen molar-refractivity contribution in [1.82, 2.24) is 0 Å². The molecule has 0 aliphatic rings. The molecule has 1 amide bonds. The highest BCUT2D eigenvalue weighted by Gasteiger charge is 2.27. The van der Waals surface area contributed by atoms with Crippen LogP contribution in [0.5, 0.6) is 5.75 Å². The van der Waals surface area contributed by atoms with Gasteiger partial charge in [0.1, 0.15) is 12.3 Å². The normalized spacial score (nSPS) is 11.1. The van der Waals surface area contributed by atoms with E-state index in [1.54, 1.807) is 42.5 Å². The summed E-state index contributed by atoms with van der Waals surface area (Å²) < 4.78 is 32.9. The Bertz CT molecular complexity index is 1180. The van der Waals surface area contributed by atoms with Crippen molar-refractivity contribution in [1.29, 1.82) is 0 Å². The first-order valence-corrected chi connectivity index (χ1v) is 11.3. The van der Waals surface area contributed by atoms with Gasteiger partial charge in [-0.05, 0) is 74.0 Å². The largest absolute Gasteiger partial charge is 0.497 e. The van der Waals surface area contributed by atoms with Crippen LogP contribution in [0.1, 0.15) is 11.1 Å². The first-order chi connectivity index (χ1) is 14.7. The zero-order valence-electron chi connectivity index (χ0n) is 17.4. The topological polar surface area (TPSA) is 75.7 Å². The Kier molecular flexibility index (Phi) is 6.87. The van der Waals surface area contributed by atoms with E-state index in [9.17, 15) is 13.2 Å². The lowest BCUT2D eigenvalue weighted by atomic mass is 10.1. The monoisotopic (exact) mass is 458 g/mol. The molecule has 31 heavy (non-hydrogen) atoms. The summed E-state index contributed by atoms with van der Waals surface area (Å²) in [6.45, 7) is 3.44. The molecule has 6 nitrogen and oxygen atoms in total. The second-order valence-electron chi connectivity index (χ2n) is 7.03. The van der Waals surface area contributed by atoms with E-state index in [4.69, 9.17) is 16.3 Å². The average molecular weight is 459 g/mol. The molecular formula is C23H23ClN2O4S. The third-order valence-corrected chi connectivity index (χ3v) is 6.75. The van der Waals surface area contributed by atoms with E-state index in [0.717, 1.165) is 15.4 Å². The molecule has 0 fully saturated rings. The van der Waals surface area contributed by atoms with Crippen molar-refractivity contribution in [2.45, 2.75) is 18.7 Å². The molecule has 8 heteroatoms. The second kappa shape index (κ2) is 9.41. The molecule has 0 radical (unpaired) electrons. The smallest absolute Gasteiger partial charge is 0.264 e. The van der Waals surface area contributed by atoms with E-state index in [-0.39, 0.29) is 4.90 Å². The number of nitrogens with zero attached hydrogens (tertiary/aromatic N) is 1. The van der Waals surface area contributed by atoms with Gasteiger partial charge in [-0.25, -0.2) is 8.42 Å². The quantitative estimate of drug-likeness (QED) is 0.551. The molecule has 0 aliphatic carbocycles. The van der Waals surface area contributed by atoms with Gasteiger partial charge in [-0.2, -0.15) is 0 Å². The van der Waals surface area contributed by atoms with Crippen LogP contribution >= 0.6 is 11.6 Å². The molecule has 0 spiro atoms. The Balaban J connectivity index is 1.94. The van der Waals surface area contributed by atoms with Crippen LogP contribution in [0.3, 0.4) is 0 Å². The zero-order valence-corrected chi connectivity index (χ0v) is 19.0. The maximum atomic E-state index is 13.4. The number of rotatable bonds is 7. The second-order valence-corrected chi connectivity index (χ2v) is 9.33. The number of carbonyl (C=O) groups is 1. The highest BCUT2D eigenvalue weighted by Crippen LogP contribution is 2.26. The van der Waals surface area contributed by atoms with E-state index in [1.807, 2.05) is 26.0 Å². The number of carbonyl (C=O) groups excluding carboxylic acids is 1. The number of methoxy groups -OCH3 is 1. The van der Waals surface area contributed by atoms with Crippen LogP contribution < -0.4 is 14.4 Å². The Labute approximate surface area is 187 Å². The predicted octanol–water partition coefficient (Wildman–Crippen LogP) is 4.80. The highest BCUT2D eigenvalue weighted by molar-refractivity contribution is 7.92. The van der Waals surface area contributed by atoms with Crippen LogP contribution in [0.25, 0.3) is 0 Å². The summed E-state index contributed by atoms with van der Waals surface area (Å²) in [6, 6.07) is 17.9. The van der Waals surface area contributed by atoms with Gasteiger partial charge in [-0.1, -0.05) is 29.3 Å². The Morgan fingerprint density at radius 2 is 1.65 bits per heavy atom. The molecule has 0 aliphatic heterocycles. The maximum absolute atomic E-state index is 13.4. The van der Waals surface area contributed by atoms with Crippen LogP contribution in [0.15, 0.2) is 71.6 Å². The number of halogens is 1. The molecule has 0 saturated carbocycles. The Morgan fingerprint density at radius 3 is 2.23 bits per heavy atom. The number of sulfonamides is 1. The van der Waals surface area contributed by atoms with Crippen LogP contribution in [-0.2, 0) is 14.8 Å². The fourth-order valence-corrected chi connectivity index (χ4v) is 4.62. The van der Waals surface area contributed by atoms with Gasteiger partial charge in [0.15, 0.2) is 0 Å².